The van der Waals surface area contributed by atoms with E-state index in [1.807, 2.05) is 0 Å². The Morgan fingerprint density at radius 2 is 2.53 bits per heavy atom. The van der Waals surface area contributed by atoms with E-state index < -0.39 is 0 Å². The molecule has 0 aliphatic heterocycles. The molecule has 2 unspecified atom stereocenters. The van der Waals surface area contributed by atoms with E-state index in [0.29, 0.717) is 12.5 Å². The topological polar surface area (TPSA) is 57.8 Å². The molecule has 0 spiro atoms. The number of carbonyl (C=O) groups excluding carboxylic acids is 1. The molecule has 1 aromatic rings. The highest BCUT2D eigenvalue weighted by Crippen LogP contribution is 2.31. The number of carbonyl (C=O) groups is 1. The number of imidazole rings is 1. The summed E-state index contributed by atoms with van der Waals surface area (Å²) < 4.78 is 0. The van der Waals surface area contributed by atoms with Crippen molar-refractivity contribution >= 4 is 5.91 Å². The number of aromatic amines is 1. The number of hydrogen-bond donors (Lipinski definition) is 2. The fourth-order valence-corrected chi connectivity index (χ4v) is 2.23. The second kappa shape index (κ2) is 4.47. The standard InChI is InChI=1S/C11H17N3O/c1-8-3-2-4-9(8)11(15)14-7-10-12-5-6-13-10/h5-6,8-9H,2-4,7H2,1H3,(H,12,13)(H,14,15). The van der Waals surface area contributed by atoms with Crippen molar-refractivity contribution in [2.75, 3.05) is 0 Å². The Kier molecular flexibility index (Phi) is 3.04. The average molecular weight is 207 g/mol. The summed E-state index contributed by atoms with van der Waals surface area (Å²) in [5.41, 5.74) is 0. The van der Waals surface area contributed by atoms with E-state index in [-0.39, 0.29) is 11.8 Å². The van der Waals surface area contributed by atoms with Crippen LogP contribution in [0.1, 0.15) is 32.0 Å². The molecule has 1 heterocycles. The molecule has 0 aromatic carbocycles. The number of nitrogens with zero attached hydrogens (tertiary/aromatic N) is 1. The zero-order valence-corrected chi connectivity index (χ0v) is 8.99. The van der Waals surface area contributed by atoms with Crippen molar-refractivity contribution in [1.82, 2.24) is 15.3 Å². The molecule has 4 nitrogen and oxygen atoms in total. The van der Waals surface area contributed by atoms with Crippen LogP contribution in [-0.4, -0.2) is 15.9 Å². The minimum atomic E-state index is 0.177. The van der Waals surface area contributed by atoms with Gasteiger partial charge in [-0.3, -0.25) is 4.79 Å². The first-order valence-electron chi connectivity index (χ1n) is 5.53. The summed E-state index contributed by atoms with van der Waals surface area (Å²) in [4.78, 5) is 18.8. The van der Waals surface area contributed by atoms with Gasteiger partial charge in [-0.1, -0.05) is 13.3 Å². The quantitative estimate of drug-likeness (QED) is 0.788. The van der Waals surface area contributed by atoms with Crippen LogP contribution in [0.2, 0.25) is 0 Å². The van der Waals surface area contributed by atoms with Crippen LogP contribution in [-0.2, 0) is 11.3 Å². The fraction of sp³-hybridized carbons (Fsp3) is 0.636. The minimum Gasteiger partial charge on any atom is -0.349 e. The van der Waals surface area contributed by atoms with E-state index in [4.69, 9.17) is 0 Å². The molecule has 1 saturated carbocycles. The van der Waals surface area contributed by atoms with Crippen LogP contribution in [0, 0.1) is 11.8 Å². The van der Waals surface area contributed by atoms with E-state index >= 15 is 0 Å². The number of hydrogen-bond acceptors (Lipinski definition) is 2. The van der Waals surface area contributed by atoms with Gasteiger partial charge in [-0.2, -0.15) is 0 Å². The van der Waals surface area contributed by atoms with Crippen LogP contribution >= 0.6 is 0 Å². The van der Waals surface area contributed by atoms with E-state index in [2.05, 4.69) is 22.2 Å². The van der Waals surface area contributed by atoms with Crippen LogP contribution in [0.25, 0.3) is 0 Å². The van der Waals surface area contributed by atoms with Gasteiger partial charge in [0.25, 0.3) is 0 Å². The summed E-state index contributed by atoms with van der Waals surface area (Å²) in [7, 11) is 0. The van der Waals surface area contributed by atoms with E-state index in [9.17, 15) is 4.79 Å². The molecule has 1 amide bonds. The van der Waals surface area contributed by atoms with Crippen LogP contribution in [0.3, 0.4) is 0 Å². The SMILES string of the molecule is CC1CCCC1C(=O)NCc1ncc[nH]1. The predicted molar refractivity (Wildman–Crippen MR) is 56.9 cm³/mol. The molecule has 1 aliphatic carbocycles. The Hall–Kier alpha value is -1.32. The zero-order valence-electron chi connectivity index (χ0n) is 8.99. The first kappa shape index (κ1) is 10.2. The molecule has 1 fully saturated rings. The second-order valence-electron chi connectivity index (χ2n) is 4.27. The molecule has 2 rings (SSSR count). The molecule has 2 N–H and O–H groups in total. The number of H-pyrrole nitrogens is 1. The monoisotopic (exact) mass is 207 g/mol. The van der Waals surface area contributed by atoms with E-state index in [1.165, 1.54) is 12.8 Å². The third-order valence-electron chi connectivity index (χ3n) is 3.18. The zero-order chi connectivity index (χ0) is 10.7. The fourth-order valence-electron chi connectivity index (χ4n) is 2.23. The van der Waals surface area contributed by atoms with Gasteiger partial charge in [-0.25, -0.2) is 4.98 Å². The van der Waals surface area contributed by atoms with E-state index in [1.54, 1.807) is 12.4 Å². The smallest absolute Gasteiger partial charge is 0.223 e. The van der Waals surface area contributed by atoms with E-state index in [0.717, 1.165) is 12.2 Å². The summed E-state index contributed by atoms with van der Waals surface area (Å²) in [6.07, 6.45) is 6.85. The first-order chi connectivity index (χ1) is 7.27. The van der Waals surface area contributed by atoms with Gasteiger partial charge in [-0.15, -0.1) is 0 Å². The summed E-state index contributed by atoms with van der Waals surface area (Å²) in [5.74, 6) is 1.73. The lowest BCUT2D eigenvalue weighted by atomic mass is 9.97. The highest BCUT2D eigenvalue weighted by atomic mass is 16.1. The molecule has 2 atom stereocenters. The summed E-state index contributed by atoms with van der Waals surface area (Å²) in [6, 6.07) is 0. The van der Waals surface area contributed by atoms with Crippen molar-refractivity contribution in [1.29, 1.82) is 0 Å². The van der Waals surface area contributed by atoms with Crippen molar-refractivity contribution in [3.05, 3.63) is 18.2 Å². The van der Waals surface area contributed by atoms with Gasteiger partial charge in [0, 0.05) is 18.3 Å². The molecule has 82 valence electrons. The Bertz CT molecular complexity index is 321. The Labute approximate surface area is 89.5 Å². The Balaban J connectivity index is 1.82. The normalized spacial score (nSPS) is 25.4. The maximum atomic E-state index is 11.8. The number of amides is 1. The lowest BCUT2D eigenvalue weighted by Gasteiger charge is -2.14. The second-order valence-corrected chi connectivity index (χ2v) is 4.27. The third kappa shape index (κ3) is 2.37. The third-order valence-corrected chi connectivity index (χ3v) is 3.18. The molecule has 0 bridgehead atoms. The number of aromatic nitrogens is 2. The lowest BCUT2D eigenvalue weighted by molar-refractivity contribution is -0.126. The molecule has 1 aromatic heterocycles. The molecule has 0 saturated heterocycles. The molecule has 4 heteroatoms. The number of nitrogens with one attached hydrogen (secondary N) is 2. The lowest BCUT2D eigenvalue weighted by Crippen LogP contribution is -2.31. The van der Waals surface area contributed by atoms with Gasteiger partial charge in [0.1, 0.15) is 5.82 Å². The maximum absolute atomic E-state index is 11.8. The van der Waals surface area contributed by atoms with Gasteiger partial charge in [-0.05, 0) is 18.8 Å². The summed E-state index contributed by atoms with van der Waals surface area (Å²) in [6.45, 7) is 2.67. The predicted octanol–water partition coefficient (Wildman–Crippen LogP) is 1.46. The molecule has 0 radical (unpaired) electrons. The van der Waals surface area contributed by atoms with Gasteiger partial charge in [0.2, 0.25) is 5.91 Å². The van der Waals surface area contributed by atoms with Crippen LogP contribution < -0.4 is 5.32 Å². The Morgan fingerprint density at radius 1 is 1.67 bits per heavy atom. The number of rotatable bonds is 3. The minimum absolute atomic E-state index is 0.177. The maximum Gasteiger partial charge on any atom is 0.223 e. The van der Waals surface area contributed by atoms with Gasteiger partial charge < -0.3 is 10.3 Å². The summed E-state index contributed by atoms with van der Waals surface area (Å²) >= 11 is 0. The molecule has 15 heavy (non-hydrogen) atoms. The van der Waals surface area contributed by atoms with Crippen LogP contribution in [0.4, 0.5) is 0 Å². The molecular weight excluding hydrogens is 190 g/mol. The largest absolute Gasteiger partial charge is 0.349 e. The van der Waals surface area contributed by atoms with Gasteiger partial charge in [0.15, 0.2) is 0 Å². The van der Waals surface area contributed by atoms with Crippen LogP contribution in [0.15, 0.2) is 12.4 Å². The van der Waals surface area contributed by atoms with Gasteiger partial charge in [0.05, 0.1) is 6.54 Å². The highest BCUT2D eigenvalue weighted by Gasteiger charge is 2.29. The molecular formula is C11H17N3O. The summed E-state index contributed by atoms with van der Waals surface area (Å²) in [5, 5.41) is 2.92. The van der Waals surface area contributed by atoms with Crippen molar-refractivity contribution < 1.29 is 4.79 Å². The van der Waals surface area contributed by atoms with Crippen LogP contribution in [0.5, 0.6) is 0 Å². The first-order valence-corrected chi connectivity index (χ1v) is 5.53. The van der Waals surface area contributed by atoms with Crippen molar-refractivity contribution in [3.63, 3.8) is 0 Å². The molecule has 1 aliphatic rings. The highest BCUT2D eigenvalue weighted by molar-refractivity contribution is 5.79. The van der Waals surface area contributed by atoms with Crippen molar-refractivity contribution in [2.45, 2.75) is 32.7 Å². The Morgan fingerprint density at radius 3 is 3.13 bits per heavy atom. The average Bonchev–Trinajstić information content (AvgIpc) is 2.84. The van der Waals surface area contributed by atoms with Crippen molar-refractivity contribution in [2.24, 2.45) is 11.8 Å². The van der Waals surface area contributed by atoms with Gasteiger partial charge >= 0.3 is 0 Å². The van der Waals surface area contributed by atoms with Crippen molar-refractivity contribution in [3.8, 4) is 0 Å².